The van der Waals surface area contributed by atoms with E-state index in [2.05, 4.69) is 5.38 Å². The Hall–Kier alpha value is -0.830. The zero-order chi connectivity index (χ0) is 10.8. The van der Waals surface area contributed by atoms with Crippen LogP contribution in [-0.2, 0) is 0 Å². The van der Waals surface area contributed by atoms with Gasteiger partial charge in [-0.1, -0.05) is 23.7 Å². The molecule has 0 aliphatic carbocycles. The summed E-state index contributed by atoms with van der Waals surface area (Å²) < 4.78 is 0. The topological polar surface area (TPSA) is 26.0 Å². The van der Waals surface area contributed by atoms with Crippen LogP contribution in [0.2, 0.25) is 5.02 Å². The Bertz CT molecular complexity index is 451. The van der Waals surface area contributed by atoms with Crippen molar-refractivity contribution in [1.82, 2.24) is 0 Å². The molecular formula is C12H12ClNS. The molecule has 0 saturated heterocycles. The predicted molar refractivity (Wildman–Crippen MR) is 66.5 cm³/mol. The quantitative estimate of drug-likeness (QED) is 0.846. The molecule has 1 aromatic carbocycles. The molecule has 0 amide bonds. The molecule has 1 nitrogen and oxygen atoms in total. The molecule has 0 saturated carbocycles. The average Bonchev–Trinajstić information content (AvgIpc) is 2.74. The second-order valence-electron chi connectivity index (χ2n) is 3.54. The summed E-state index contributed by atoms with van der Waals surface area (Å²) in [7, 11) is 0. The average molecular weight is 238 g/mol. The monoisotopic (exact) mass is 237 g/mol. The van der Waals surface area contributed by atoms with Crippen LogP contribution in [0.3, 0.4) is 0 Å². The summed E-state index contributed by atoms with van der Waals surface area (Å²) in [5, 5.41) is 4.88. The van der Waals surface area contributed by atoms with E-state index in [4.69, 9.17) is 17.3 Å². The van der Waals surface area contributed by atoms with Gasteiger partial charge in [0.15, 0.2) is 0 Å². The number of rotatable bonds is 2. The van der Waals surface area contributed by atoms with Crippen LogP contribution in [0.5, 0.6) is 0 Å². The van der Waals surface area contributed by atoms with Gasteiger partial charge in [0.05, 0.1) is 6.04 Å². The Morgan fingerprint density at radius 1 is 1.27 bits per heavy atom. The van der Waals surface area contributed by atoms with E-state index in [0.717, 1.165) is 21.7 Å². The summed E-state index contributed by atoms with van der Waals surface area (Å²) in [6.45, 7) is 1.99. The molecule has 2 N–H and O–H groups in total. The molecule has 0 unspecified atom stereocenters. The molecular weight excluding hydrogens is 226 g/mol. The Morgan fingerprint density at radius 2 is 2.07 bits per heavy atom. The van der Waals surface area contributed by atoms with Crippen LogP contribution in [-0.4, -0.2) is 0 Å². The van der Waals surface area contributed by atoms with E-state index in [1.807, 2.05) is 36.6 Å². The lowest BCUT2D eigenvalue weighted by Gasteiger charge is -2.11. The Labute approximate surface area is 98.5 Å². The van der Waals surface area contributed by atoms with Crippen molar-refractivity contribution in [2.45, 2.75) is 13.0 Å². The summed E-state index contributed by atoms with van der Waals surface area (Å²) in [6, 6.07) is 7.95. The number of aryl methyl sites for hydroxylation is 1. The molecule has 15 heavy (non-hydrogen) atoms. The van der Waals surface area contributed by atoms with E-state index in [1.165, 1.54) is 0 Å². The zero-order valence-corrected chi connectivity index (χ0v) is 9.98. The van der Waals surface area contributed by atoms with Gasteiger partial charge in [-0.15, -0.1) is 0 Å². The highest BCUT2D eigenvalue weighted by Crippen LogP contribution is 2.25. The van der Waals surface area contributed by atoms with Crippen molar-refractivity contribution in [1.29, 1.82) is 0 Å². The third kappa shape index (κ3) is 2.23. The standard InChI is InChI=1S/C12H12ClNS/c1-8-2-3-9(6-11(8)13)12(14)10-4-5-15-7-10/h2-7,12H,14H2,1H3/t12-/m0/s1. The van der Waals surface area contributed by atoms with E-state index in [1.54, 1.807) is 11.3 Å². The maximum absolute atomic E-state index is 6.13. The van der Waals surface area contributed by atoms with Crippen molar-refractivity contribution in [2.75, 3.05) is 0 Å². The molecule has 0 spiro atoms. The molecule has 0 aliphatic rings. The van der Waals surface area contributed by atoms with Crippen LogP contribution in [0.25, 0.3) is 0 Å². The van der Waals surface area contributed by atoms with Gasteiger partial charge in [0.25, 0.3) is 0 Å². The highest BCUT2D eigenvalue weighted by Gasteiger charge is 2.09. The lowest BCUT2D eigenvalue weighted by molar-refractivity contribution is 0.876. The van der Waals surface area contributed by atoms with Gasteiger partial charge in [-0.05, 0) is 46.5 Å². The van der Waals surface area contributed by atoms with E-state index in [-0.39, 0.29) is 6.04 Å². The number of nitrogens with two attached hydrogens (primary N) is 1. The maximum atomic E-state index is 6.13. The van der Waals surface area contributed by atoms with Gasteiger partial charge in [0, 0.05) is 5.02 Å². The lowest BCUT2D eigenvalue weighted by Crippen LogP contribution is -2.10. The molecule has 1 heterocycles. The van der Waals surface area contributed by atoms with Crippen LogP contribution in [0.4, 0.5) is 0 Å². The van der Waals surface area contributed by atoms with E-state index in [9.17, 15) is 0 Å². The summed E-state index contributed by atoms with van der Waals surface area (Å²) in [4.78, 5) is 0. The van der Waals surface area contributed by atoms with Crippen molar-refractivity contribution < 1.29 is 0 Å². The highest BCUT2D eigenvalue weighted by molar-refractivity contribution is 7.08. The Morgan fingerprint density at radius 3 is 2.67 bits per heavy atom. The molecule has 0 fully saturated rings. The van der Waals surface area contributed by atoms with Gasteiger partial charge < -0.3 is 5.73 Å². The summed E-state index contributed by atoms with van der Waals surface area (Å²) >= 11 is 7.72. The molecule has 0 radical (unpaired) electrons. The number of hydrogen-bond donors (Lipinski definition) is 1. The van der Waals surface area contributed by atoms with Crippen LogP contribution in [0, 0.1) is 6.92 Å². The minimum Gasteiger partial charge on any atom is -0.320 e. The first kappa shape index (κ1) is 10.7. The van der Waals surface area contributed by atoms with E-state index in [0.29, 0.717) is 0 Å². The van der Waals surface area contributed by atoms with E-state index < -0.39 is 0 Å². The van der Waals surface area contributed by atoms with Crippen molar-refractivity contribution in [3.63, 3.8) is 0 Å². The third-order valence-corrected chi connectivity index (χ3v) is 3.57. The first-order valence-electron chi connectivity index (χ1n) is 4.72. The molecule has 0 aliphatic heterocycles. The highest BCUT2D eigenvalue weighted by atomic mass is 35.5. The first-order valence-corrected chi connectivity index (χ1v) is 6.04. The largest absolute Gasteiger partial charge is 0.320 e. The van der Waals surface area contributed by atoms with Crippen LogP contribution >= 0.6 is 22.9 Å². The number of thiophene rings is 1. The SMILES string of the molecule is Cc1ccc([C@H](N)c2ccsc2)cc1Cl. The van der Waals surface area contributed by atoms with Crippen LogP contribution < -0.4 is 5.73 Å². The summed E-state index contributed by atoms with van der Waals surface area (Å²) in [5.41, 5.74) is 9.41. The fraction of sp³-hybridized carbons (Fsp3) is 0.167. The molecule has 78 valence electrons. The van der Waals surface area contributed by atoms with Gasteiger partial charge in [-0.3, -0.25) is 0 Å². The Balaban J connectivity index is 2.34. The fourth-order valence-corrected chi connectivity index (χ4v) is 2.33. The van der Waals surface area contributed by atoms with Gasteiger partial charge in [0.1, 0.15) is 0 Å². The zero-order valence-electron chi connectivity index (χ0n) is 8.41. The molecule has 1 atom stereocenters. The van der Waals surface area contributed by atoms with Gasteiger partial charge in [0.2, 0.25) is 0 Å². The normalized spacial score (nSPS) is 12.7. The minimum absolute atomic E-state index is 0.0747. The van der Waals surface area contributed by atoms with Crippen molar-refractivity contribution in [3.8, 4) is 0 Å². The smallest absolute Gasteiger partial charge is 0.0560 e. The number of benzene rings is 1. The van der Waals surface area contributed by atoms with Gasteiger partial charge >= 0.3 is 0 Å². The summed E-state index contributed by atoms with van der Waals surface area (Å²) in [6.07, 6.45) is 0. The van der Waals surface area contributed by atoms with Crippen LogP contribution in [0.15, 0.2) is 35.0 Å². The number of hydrogen-bond acceptors (Lipinski definition) is 2. The molecule has 1 aromatic heterocycles. The maximum Gasteiger partial charge on any atom is 0.0560 e. The second kappa shape index (κ2) is 4.35. The van der Waals surface area contributed by atoms with E-state index >= 15 is 0 Å². The second-order valence-corrected chi connectivity index (χ2v) is 4.73. The van der Waals surface area contributed by atoms with Gasteiger partial charge in [-0.25, -0.2) is 0 Å². The third-order valence-electron chi connectivity index (χ3n) is 2.46. The lowest BCUT2D eigenvalue weighted by atomic mass is 10.0. The Kier molecular flexibility index (Phi) is 3.10. The van der Waals surface area contributed by atoms with Crippen molar-refractivity contribution in [3.05, 3.63) is 56.7 Å². The molecule has 3 heteroatoms. The van der Waals surface area contributed by atoms with Crippen molar-refractivity contribution >= 4 is 22.9 Å². The molecule has 0 bridgehead atoms. The predicted octanol–water partition coefficient (Wildman–Crippen LogP) is 3.76. The molecule has 2 rings (SSSR count). The number of halogens is 1. The fourth-order valence-electron chi connectivity index (χ4n) is 1.45. The summed E-state index contributed by atoms with van der Waals surface area (Å²) in [5.74, 6) is 0. The van der Waals surface area contributed by atoms with Crippen LogP contribution in [0.1, 0.15) is 22.7 Å². The minimum atomic E-state index is -0.0747. The molecule has 2 aromatic rings. The van der Waals surface area contributed by atoms with Gasteiger partial charge in [-0.2, -0.15) is 11.3 Å². The van der Waals surface area contributed by atoms with Crippen molar-refractivity contribution in [2.24, 2.45) is 5.73 Å². The first-order chi connectivity index (χ1) is 7.18.